The standard InChI is InChI=1S/C22H28ClFN4O4/c1-22(2,3)32-21(31)25-8-6-12-7-9-27(11-12)18-15(24)10-14-17(16(18)23)28(13-4-5-13)20(30)26-19(14)29/h10,12-13H,4-9,11H2,1-3H3,(H,25,31)(H,26,29,30). The number of carbonyl (C=O) groups excluding carboxylic acids is 1. The van der Waals surface area contributed by atoms with Crippen molar-refractivity contribution in [1.82, 2.24) is 14.9 Å². The number of alkyl carbamates (subject to hydrolysis) is 1. The highest BCUT2D eigenvalue weighted by Gasteiger charge is 2.32. The molecule has 2 heterocycles. The number of nitrogens with zero attached hydrogens (tertiary/aromatic N) is 2. The second kappa shape index (κ2) is 8.42. The average molecular weight is 467 g/mol. The summed E-state index contributed by atoms with van der Waals surface area (Å²) in [5, 5.41) is 2.93. The number of aromatic amines is 1. The molecule has 0 bridgehead atoms. The molecule has 1 aliphatic carbocycles. The fourth-order valence-electron chi connectivity index (χ4n) is 4.27. The van der Waals surface area contributed by atoms with Crippen LogP contribution in [0.4, 0.5) is 14.9 Å². The van der Waals surface area contributed by atoms with E-state index in [1.54, 1.807) is 20.8 Å². The Bertz CT molecular complexity index is 1170. The summed E-state index contributed by atoms with van der Waals surface area (Å²) in [5.74, 6) is -0.345. The maximum atomic E-state index is 15.1. The van der Waals surface area contributed by atoms with E-state index in [9.17, 15) is 14.4 Å². The van der Waals surface area contributed by atoms with Crippen molar-refractivity contribution in [2.24, 2.45) is 5.92 Å². The Kier molecular flexibility index (Phi) is 5.96. The molecule has 1 aliphatic heterocycles. The molecule has 1 amide bonds. The zero-order valence-electron chi connectivity index (χ0n) is 18.5. The predicted octanol–water partition coefficient (Wildman–Crippen LogP) is 3.56. The van der Waals surface area contributed by atoms with E-state index in [1.807, 2.05) is 4.90 Å². The molecule has 2 aliphatic rings. The Labute approximate surface area is 189 Å². The van der Waals surface area contributed by atoms with Gasteiger partial charge in [-0.05, 0) is 58.4 Å². The van der Waals surface area contributed by atoms with Gasteiger partial charge in [0.05, 0.1) is 21.6 Å². The lowest BCUT2D eigenvalue weighted by Gasteiger charge is -2.23. The van der Waals surface area contributed by atoms with Crippen molar-refractivity contribution in [1.29, 1.82) is 0 Å². The van der Waals surface area contributed by atoms with Crippen molar-refractivity contribution in [2.45, 2.75) is 58.1 Å². The van der Waals surface area contributed by atoms with Crippen LogP contribution in [0.3, 0.4) is 0 Å². The molecule has 1 aromatic heterocycles. The van der Waals surface area contributed by atoms with Gasteiger partial charge in [0.2, 0.25) is 0 Å². The van der Waals surface area contributed by atoms with E-state index in [0.29, 0.717) is 25.2 Å². The summed E-state index contributed by atoms with van der Waals surface area (Å²) in [6, 6.07) is 1.15. The molecule has 0 radical (unpaired) electrons. The van der Waals surface area contributed by atoms with Crippen LogP contribution in [0.25, 0.3) is 10.9 Å². The number of H-pyrrole nitrogens is 1. The van der Waals surface area contributed by atoms with Gasteiger partial charge >= 0.3 is 11.8 Å². The lowest BCUT2D eigenvalue weighted by atomic mass is 10.1. The second-order valence-electron chi connectivity index (χ2n) is 9.60. The number of amides is 1. The van der Waals surface area contributed by atoms with Crippen molar-refractivity contribution in [3.63, 3.8) is 0 Å². The van der Waals surface area contributed by atoms with Crippen molar-refractivity contribution < 1.29 is 13.9 Å². The van der Waals surface area contributed by atoms with Crippen LogP contribution in [0.1, 0.15) is 52.5 Å². The number of ether oxygens (including phenoxy) is 1. The number of benzene rings is 1. The van der Waals surface area contributed by atoms with Gasteiger partial charge in [-0.3, -0.25) is 14.3 Å². The van der Waals surface area contributed by atoms with E-state index in [2.05, 4.69) is 10.3 Å². The van der Waals surface area contributed by atoms with Gasteiger partial charge in [0.1, 0.15) is 11.4 Å². The van der Waals surface area contributed by atoms with Gasteiger partial charge < -0.3 is 15.0 Å². The van der Waals surface area contributed by atoms with Gasteiger partial charge in [0, 0.05) is 25.7 Å². The maximum absolute atomic E-state index is 15.1. The average Bonchev–Trinajstić information content (AvgIpc) is 3.40. The molecule has 32 heavy (non-hydrogen) atoms. The maximum Gasteiger partial charge on any atom is 0.407 e. The van der Waals surface area contributed by atoms with Gasteiger partial charge in [-0.15, -0.1) is 0 Å². The monoisotopic (exact) mass is 466 g/mol. The van der Waals surface area contributed by atoms with Gasteiger partial charge in [0.15, 0.2) is 0 Å². The molecule has 1 saturated heterocycles. The number of hydrogen-bond donors (Lipinski definition) is 2. The van der Waals surface area contributed by atoms with Gasteiger partial charge in [-0.1, -0.05) is 11.6 Å². The summed E-state index contributed by atoms with van der Waals surface area (Å²) < 4.78 is 21.8. The van der Waals surface area contributed by atoms with Gasteiger partial charge in [-0.25, -0.2) is 14.0 Å². The summed E-state index contributed by atoms with van der Waals surface area (Å²) in [5.41, 5.74) is -1.18. The van der Waals surface area contributed by atoms with E-state index in [-0.39, 0.29) is 28.1 Å². The molecule has 4 rings (SSSR count). The highest BCUT2D eigenvalue weighted by molar-refractivity contribution is 6.38. The smallest absolute Gasteiger partial charge is 0.407 e. The zero-order valence-corrected chi connectivity index (χ0v) is 19.2. The van der Waals surface area contributed by atoms with E-state index in [4.69, 9.17) is 16.3 Å². The summed E-state index contributed by atoms with van der Waals surface area (Å²) in [6.45, 7) is 7.03. The van der Waals surface area contributed by atoms with E-state index >= 15 is 4.39 Å². The van der Waals surface area contributed by atoms with Crippen LogP contribution >= 0.6 is 11.6 Å². The fourth-order valence-corrected chi connectivity index (χ4v) is 4.67. The quantitative estimate of drug-likeness (QED) is 0.702. The van der Waals surface area contributed by atoms with Crippen LogP contribution in [0, 0.1) is 11.7 Å². The lowest BCUT2D eigenvalue weighted by Crippen LogP contribution is -2.33. The van der Waals surface area contributed by atoms with E-state index in [1.165, 1.54) is 10.6 Å². The summed E-state index contributed by atoms with van der Waals surface area (Å²) in [7, 11) is 0. The first-order valence-electron chi connectivity index (χ1n) is 10.9. The number of aromatic nitrogens is 2. The number of nitrogens with one attached hydrogen (secondary N) is 2. The number of carbonyl (C=O) groups is 1. The topological polar surface area (TPSA) is 96.4 Å². The lowest BCUT2D eigenvalue weighted by molar-refractivity contribution is 0.0525. The molecule has 2 fully saturated rings. The minimum atomic E-state index is -0.637. The molecule has 8 nitrogen and oxygen atoms in total. The Morgan fingerprint density at radius 3 is 2.69 bits per heavy atom. The summed E-state index contributed by atoms with van der Waals surface area (Å²) in [6.07, 6.45) is 2.71. The molecule has 2 N–H and O–H groups in total. The molecular formula is C22H28ClFN4O4. The number of anilines is 1. The molecule has 174 valence electrons. The highest BCUT2D eigenvalue weighted by Crippen LogP contribution is 2.41. The summed E-state index contributed by atoms with van der Waals surface area (Å²) in [4.78, 5) is 40.6. The largest absolute Gasteiger partial charge is 0.444 e. The predicted molar refractivity (Wildman–Crippen MR) is 121 cm³/mol. The minimum Gasteiger partial charge on any atom is -0.444 e. The summed E-state index contributed by atoms with van der Waals surface area (Å²) >= 11 is 6.64. The van der Waals surface area contributed by atoms with Gasteiger partial charge in [-0.2, -0.15) is 0 Å². The van der Waals surface area contributed by atoms with Crippen LogP contribution in [0.2, 0.25) is 5.02 Å². The number of hydrogen-bond acceptors (Lipinski definition) is 5. The third kappa shape index (κ3) is 4.62. The normalized spacial score (nSPS) is 18.9. The van der Waals surface area contributed by atoms with Crippen LogP contribution in [-0.4, -0.2) is 40.9 Å². The van der Waals surface area contributed by atoms with Crippen LogP contribution < -0.4 is 21.5 Å². The van der Waals surface area contributed by atoms with E-state index < -0.39 is 28.8 Å². The van der Waals surface area contributed by atoms with Crippen LogP contribution in [0.15, 0.2) is 15.7 Å². The molecule has 0 spiro atoms. The van der Waals surface area contributed by atoms with Crippen molar-refractivity contribution in [3.05, 3.63) is 37.7 Å². The fraction of sp³-hybridized carbons (Fsp3) is 0.591. The number of fused-ring (bicyclic) bond motifs is 1. The first kappa shape index (κ1) is 22.6. The second-order valence-corrected chi connectivity index (χ2v) is 9.97. The first-order valence-corrected chi connectivity index (χ1v) is 11.3. The Morgan fingerprint density at radius 2 is 2.03 bits per heavy atom. The Hall–Kier alpha value is -2.55. The molecule has 2 aromatic rings. The van der Waals surface area contributed by atoms with E-state index in [0.717, 1.165) is 25.7 Å². The van der Waals surface area contributed by atoms with Crippen molar-refractivity contribution in [2.75, 3.05) is 24.5 Å². The molecule has 1 aromatic carbocycles. The molecule has 10 heteroatoms. The van der Waals surface area contributed by atoms with Crippen LogP contribution in [-0.2, 0) is 4.74 Å². The highest BCUT2D eigenvalue weighted by atomic mass is 35.5. The minimum absolute atomic E-state index is 0.0251. The van der Waals surface area contributed by atoms with Crippen molar-refractivity contribution in [3.8, 4) is 0 Å². The third-order valence-corrected chi connectivity index (χ3v) is 6.19. The molecule has 1 unspecified atom stereocenters. The van der Waals surface area contributed by atoms with Crippen LogP contribution in [0.5, 0.6) is 0 Å². The molecular weight excluding hydrogens is 439 g/mol. The number of rotatable bonds is 5. The van der Waals surface area contributed by atoms with Crippen molar-refractivity contribution >= 4 is 34.3 Å². The molecule has 1 saturated carbocycles. The van der Waals surface area contributed by atoms with Gasteiger partial charge in [0.25, 0.3) is 5.56 Å². The zero-order chi connectivity index (χ0) is 23.2. The Morgan fingerprint density at radius 1 is 1.31 bits per heavy atom. The third-order valence-electron chi connectivity index (χ3n) is 5.83. The Balaban J connectivity index is 1.52. The number of halogens is 2. The SMILES string of the molecule is CC(C)(C)OC(=O)NCCC1CCN(c2c(F)cc3c(=O)[nH]c(=O)n(C4CC4)c3c2Cl)C1. The first-order chi connectivity index (χ1) is 15.0. The molecule has 1 atom stereocenters.